The Bertz CT molecular complexity index is 510. The van der Waals surface area contributed by atoms with E-state index in [9.17, 15) is 4.39 Å². The van der Waals surface area contributed by atoms with Crippen molar-refractivity contribution in [1.82, 2.24) is 0 Å². The number of hydrogen-bond acceptors (Lipinski definition) is 2. The number of aryl methyl sites for hydroxylation is 1. The van der Waals surface area contributed by atoms with E-state index in [4.69, 9.17) is 10.5 Å². The van der Waals surface area contributed by atoms with Crippen LogP contribution in [0.4, 0.5) is 4.39 Å². The SMILES string of the molecule is Cc1ccc(OC(CN)c2ccccc2F)cc1. The summed E-state index contributed by atoms with van der Waals surface area (Å²) in [6.07, 6.45) is -0.464. The van der Waals surface area contributed by atoms with Crippen LogP contribution >= 0.6 is 0 Å². The molecule has 2 aromatic carbocycles. The third-order valence-electron chi connectivity index (χ3n) is 2.77. The summed E-state index contributed by atoms with van der Waals surface area (Å²) < 4.78 is 19.4. The molecule has 0 radical (unpaired) electrons. The molecule has 0 heterocycles. The third kappa shape index (κ3) is 2.87. The number of rotatable bonds is 4. The molecular formula is C15H16FNO. The van der Waals surface area contributed by atoms with Crippen LogP contribution in [0.2, 0.25) is 0 Å². The van der Waals surface area contributed by atoms with Crippen LogP contribution in [-0.2, 0) is 0 Å². The molecule has 0 aliphatic heterocycles. The van der Waals surface area contributed by atoms with E-state index in [-0.39, 0.29) is 12.4 Å². The Morgan fingerprint density at radius 3 is 2.39 bits per heavy atom. The lowest BCUT2D eigenvalue weighted by Gasteiger charge is -2.18. The number of hydrogen-bond donors (Lipinski definition) is 1. The van der Waals surface area contributed by atoms with Crippen molar-refractivity contribution in [2.45, 2.75) is 13.0 Å². The molecule has 0 spiro atoms. The normalized spacial score (nSPS) is 12.2. The molecule has 2 aromatic rings. The Hall–Kier alpha value is -1.87. The second-order valence-electron chi connectivity index (χ2n) is 4.18. The lowest BCUT2D eigenvalue weighted by molar-refractivity contribution is 0.209. The van der Waals surface area contributed by atoms with E-state index in [0.717, 1.165) is 5.56 Å². The van der Waals surface area contributed by atoms with Crippen molar-refractivity contribution in [3.63, 3.8) is 0 Å². The summed E-state index contributed by atoms with van der Waals surface area (Å²) in [7, 11) is 0. The highest BCUT2D eigenvalue weighted by molar-refractivity contribution is 5.28. The molecule has 0 fully saturated rings. The summed E-state index contributed by atoms with van der Waals surface area (Å²) in [6, 6.07) is 14.2. The lowest BCUT2D eigenvalue weighted by atomic mass is 10.1. The van der Waals surface area contributed by atoms with E-state index in [0.29, 0.717) is 11.3 Å². The first kappa shape index (κ1) is 12.6. The van der Waals surface area contributed by atoms with Crippen molar-refractivity contribution in [2.75, 3.05) is 6.54 Å². The van der Waals surface area contributed by atoms with Crippen molar-refractivity contribution in [3.8, 4) is 5.75 Å². The summed E-state index contributed by atoms with van der Waals surface area (Å²) in [6.45, 7) is 2.23. The summed E-state index contributed by atoms with van der Waals surface area (Å²) in [4.78, 5) is 0. The van der Waals surface area contributed by atoms with Gasteiger partial charge in [-0.3, -0.25) is 0 Å². The minimum atomic E-state index is -0.464. The molecule has 0 saturated carbocycles. The number of halogens is 1. The topological polar surface area (TPSA) is 35.2 Å². The predicted octanol–water partition coefficient (Wildman–Crippen LogP) is 3.21. The Kier molecular flexibility index (Phi) is 3.95. The van der Waals surface area contributed by atoms with Crippen molar-refractivity contribution in [1.29, 1.82) is 0 Å². The molecule has 0 amide bonds. The second-order valence-corrected chi connectivity index (χ2v) is 4.18. The van der Waals surface area contributed by atoms with Crippen LogP contribution in [0, 0.1) is 12.7 Å². The minimum Gasteiger partial charge on any atom is -0.484 e. The van der Waals surface area contributed by atoms with E-state index in [1.54, 1.807) is 18.2 Å². The average Bonchev–Trinajstić information content (AvgIpc) is 2.39. The van der Waals surface area contributed by atoms with Gasteiger partial charge in [0.25, 0.3) is 0 Å². The highest BCUT2D eigenvalue weighted by atomic mass is 19.1. The van der Waals surface area contributed by atoms with Crippen molar-refractivity contribution >= 4 is 0 Å². The Labute approximate surface area is 106 Å². The van der Waals surface area contributed by atoms with Crippen LogP contribution < -0.4 is 10.5 Å². The molecule has 18 heavy (non-hydrogen) atoms. The molecule has 2 nitrogen and oxygen atoms in total. The monoisotopic (exact) mass is 245 g/mol. The number of nitrogens with two attached hydrogens (primary N) is 1. The van der Waals surface area contributed by atoms with Crippen molar-refractivity contribution in [2.24, 2.45) is 5.73 Å². The van der Waals surface area contributed by atoms with Crippen LogP contribution in [0.5, 0.6) is 5.75 Å². The fourth-order valence-corrected chi connectivity index (χ4v) is 1.76. The van der Waals surface area contributed by atoms with Gasteiger partial charge in [-0.15, -0.1) is 0 Å². The lowest BCUT2D eigenvalue weighted by Crippen LogP contribution is -2.19. The molecule has 94 valence electrons. The molecule has 1 atom stereocenters. The molecule has 2 rings (SSSR count). The van der Waals surface area contributed by atoms with Gasteiger partial charge in [0.05, 0.1) is 0 Å². The maximum absolute atomic E-state index is 13.7. The maximum atomic E-state index is 13.7. The van der Waals surface area contributed by atoms with Crippen molar-refractivity contribution < 1.29 is 9.13 Å². The zero-order valence-corrected chi connectivity index (χ0v) is 10.3. The molecule has 3 heteroatoms. The first-order valence-corrected chi connectivity index (χ1v) is 5.88. The molecule has 0 aliphatic rings. The van der Waals surface area contributed by atoms with Gasteiger partial charge in [-0.05, 0) is 25.1 Å². The zero-order valence-electron chi connectivity index (χ0n) is 10.3. The van der Waals surface area contributed by atoms with Gasteiger partial charge in [0.1, 0.15) is 17.7 Å². The highest BCUT2D eigenvalue weighted by Gasteiger charge is 2.15. The second kappa shape index (κ2) is 5.65. The Morgan fingerprint density at radius 2 is 1.78 bits per heavy atom. The summed E-state index contributed by atoms with van der Waals surface area (Å²) in [5, 5.41) is 0. The smallest absolute Gasteiger partial charge is 0.139 e. The van der Waals surface area contributed by atoms with E-state index < -0.39 is 6.10 Å². The summed E-state index contributed by atoms with van der Waals surface area (Å²) in [5.41, 5.74) is 7.30. The van der Waals surface area contributed by atoms with Gasteiger partial charge in [0, 0.05) is 12.1 Å². The van der Waals surface area contributed by atoms with Crippen LogP contribution in [0.25, 0.3) is 0 Å². The molecule has 0 aliphatic carbocycles. The fourth-order valence-electron chi connectivity index (χ4n) is 1.76. The number of benzene rings is 2. The van der Waals surface area contributed by atoms with Crippen LogP contribution in [0.3, 0.4) is 0 Å². The zero-order chi connectivity index (χ0) is 13.0. The molecule has 2 N–H and O–H groups in total. The fraction of sp³-hybridized carbons (Fsp3) is 0.200. The van der Waals surface area contributed by atoms with Gasteiger partial charge in [-0.1, -0.05) is 35.9 Å². The van der Waals surface area contributed by atoms with Gasteiger partial charge < -0.3 is 10.5 Å². The van der Waals surface area contributed by atoms with Gasteiger partial charge in [0.15, 0.2) is 0 Å². The van der Waals surface area contributed by atoms with Gasteiger partial charge in [-0.25, -0.2) is 4.39 Å². The van der Waals surface area contributed by atoms with Crippen LogP contribution in [0.1, 0.15) is 17.2 Å². The van der Waals surface area contributed by atoms with Crippen LogP contribution in [0.15, 0.2) is 48.5 Å². The average molecular weight is 245 g/mol. The molecular weight excluding hydrogens is 229 g/mol. The standard InChI is InChI=1S/C15H16FNO/c1-11-6-8-12(9-7-11)18-15(10-17)13-4-2-3-5-14(13)16/h2-9,15H,10,17H2,1H3. The highest BCUT2D eigenvalue weighted by Crippen LogP contribution is 2.23. The van der Waals surface area contributed by atoms with Crippen molar-refractivity contribution in [3.05, 3.63) is 65.5 Å². The Balaban J connectivity index is 2.20. The minimum absolute atomic E-state index is 0.231. The Morgan fingerprint density at radius 1 is 1.11 bits per heavy atom. The van der Waals surface area contributed by atoms with E-state index in [1.807, 2.05) is 31.2 Å². The van der Waals surface area contributed by atoms with Crippen LogP contribution in [-0.4, -0.2) is 6.54 Å². The summed E-state index contributed by atoms with van der Waals surface area (Å²) in [5.74, 6) is 0.402. The first-order chi connectivity index (χ1) is 8.70. The first-order valence-electron chi connectivity index (χ1n) is 5.88. The van der Waals surface area contributed by atoms with Gasteiger partial charge in [-0.2, -0.15) is 0 Å². The van der Waals surface area contributed by atoms with Gasteiger partial charge >= 0.3 is 0 Å². The molecule has 0 bridgehead atoms. The molecule has 0 saturated heterocycles. The molecule has 1 unspecified atom stereocenters. The summed E-state index contributed by atoms with van der Waals surface area (Å²) >= 11 is 0. The largest absolute Gasteiger partial charge is 0.484 e. The number of ether oxygens (including phenoxy) is 1. The quantitative estimate of drug-likeness (QED) is 0.897. The van der Waals surface area contributed by atoms with E-state index in [1.165, 1.54) is 6.07 Å². The predicted molar refractivity (Wildman–Crippen MR) is 70.0 cm³/mol. The maximum Gasteiger partial charge on any atom is 0.139 e. The van der Waals surface area contributed by atoms with Gasteiger partial charge in [0.2, 0.25) is 0 Å². The van der Waals surface area contributed by atoms with E-state index in [2.05, 4.69) is 0 Å². The molecule has 0 aromatic heterocycles. The third-order valence-corrected chi connectivity index (χ3v) is 2.77. The van der Waals surface area contributed by atoms with E-state index >= 15 is 0 Å².